The Bertz CT molecular complexity index is 2270. The Hall–Kier alpha value is -5.10. The first-order valence-corrected chi connectivity index (χ1v) is 19.9. The molecule has 2 bridgehead atoms. The van der Waals surface area contributed by atoms with Gasteiger partial charge in [0.05, 0.1) is 17.0 Å². The van der Waals surface area contributed by atoms with Crippen LogP contribution in [0.2, 0.25) is 0 Å². The van der Waals surface area contributed by atoms with Gasteiger partial charge in [0.2, 0.25) is 0 Å². The zero-order chi connectivity index (χ0) is 38.6. The van der Waals surface area contributed by atoms with Crippen LogP contribution in [0.15, 0.2) is 72.9 Å². The molecule has 292 valence electrons. The molecule has 5 aromatic rings. The molecule has 10 rings (SSSR count). The Morgan fingerprint density at radius 2 is 1.73 bits per heavy atom. The van der Waals surface area contributed by atoms with Gasteiger partial charge < -0.3 is 24.0 Å². The van der Waals surface area contributed by atoms with Gasteiger partial charge in [-0.3, -0.25) is 9.88 Å². The average Bonchev–Trinajstić information content (AvgIpc) is 3.52. The highest BCUT2D eigenvalue weighted by atomic mass is 19.1. The third-order valence-electron chi connectivity index (χ3n) is 11.9. The highest BCUT2D eigenvalue weighted by molar-refractivity contribution is 6.00. The fourth-order valence-corrected chi connectivity index (χ4v) is 9.28. The van der Waals surface area contributed by atoms with Crippen molar-refractivity contribution in [3.8, 4) is 23.0 Å². The summed E-state index contributed by atoms with van der Waals surface area (Å²) in [5, 5.41) is 2.17. The first kappa shape index (κ1) is 36.5. The number of hydrogen-bond donors (Lipinski definition) is 0. The molecule has 3 aromatic carbocycles. The van der Waals surface area contributed by atoms with E-state index >= 15 is 4.39 Å². The summed E-state index contributed by atoms with van der Waals surface area (Å²) in [6.07, 6.45) is 5.16. The number of piperazine rings is 1. The molecule has 2 unspecified atom stereocenters. The molecule has 5 aliphatic heterocycles. The summed E-state index contributed by atoms with van der Waals surface area (Å²) in [5.74, 6) is 0.514. The largest absolute Gasteiger partial charge is 0.489 e. The summed E-state index contributed by atoms with van der Waals surface area (Å²) >= 11 is 0. The molecule has 10 nitrogen and oxygen atoms in total. The summed E-state index contributed by atoms with van der Waals surface area (Å²) in [6.45, 7) is 8.35. The number of aromatic nitrogens is 3. The van der Waals surface area contributed by atoms with Crippen molar-refractivity contribution in [3.63, 3.8) is 0 Å². The van der Waals surface area contributed by atoms with Crippen LogP contribution in [0, 0.1) is 5.82 Å². The fourth-order valence-electron chi connectivity index (χ4n) is 9.28. The second-order valence-electron chi connectivity index (χ2n) is 16.9. The van der Waals surface area contributed by atoms with E-state index in [-0.39, 0.29) is 42.0 Å². The van der Waals surface area contributed by atoms with Gasteiger partial charge >= 0.3 is 12.1 Å². The maximum atomic E-state index is 17.4. The summed E-state index contributed by atoms with van der Waals surface area (Å²) in [4.78, 5) is 34.1. The van der Waals surface area contributed by atoms with Gasteiger partial charge in [-0.1, -0.05) is 54.6 Å². The molecule has 12 heteroatoms. The monoisotopic (exact) mass is 762 g/mol. The second-order valence-corrected chi connectivity index (χ2v) is 16.9. The molecule has 4 atom stereocenters. The summed E-state index contributed by atoms with van der Waals surface area (Å²) in [5.41, 5.74) is 0.774. The number of halogens is 2. The Morgan fingerprint density at radius 1 is 0.929 bits per heavy atom. The van der Waals surface area contributed by atoms with Crippen LogP contribution >= 0.6 is 0 Å². The highest BCUT2D eigenvalue weighted by Crippen LogP contribution is 2.42. The number of carbonyl (C=O) groups excluding carboxylic acids is 1. The number of pyridine rings is 1. The molecule has 5 fully saturated rings. The van der Waals surface area contributed by atoms with Crippen LogP contribution in [0.25, 0.3) is 32.9 Å². The van der Waals surface area contributed by atoms with E-state index < -0.39 is 23.1 Å². The van der Waals surface area contributed by atoms with E-state index in [4.69, 9.17) is 29.2 Å². The van der Waals surface area contributed by atoms with Crippen LogP contribution in [-0.4, -0.2) is 93.0 Å². The van der Waals surface area contributed by atoms with Crippen molar-refractivity contribution < 1.29 is 27.8 Å². The molecule has 0 radical (unpaired) electrons. The standard InChI is InChI=1S/C44H48F2N6O4/c1-43(2,3)56-42(53)52-25-31-14-9-15-32(52)24-51(31)40-36-22-47-38(35-20-33(19-29-13-7-8-16-34(29)35)54-26-28-11-5-4-6-12-28)37(46)39(36)48-41(49-40)55-27-44-17-10-18-50(44)23-30(45)21-44/h4-8,11-13,16,19-20,22,30-32H,9-10,14-15,17-18,21,23-27H2,1-3H3/t30-,31?,32?,44+/m0/s1. The molecule has 0 saturated carbocycles. The predicted octanol–water partition coefficient (Wildman–Crippen LogP) is 8.50. The molecule has 1 amide bonds. The number of hydrogen-bond acceptors (Lipinski definition) is 9. The minimum absolute atomic E-state index is 0.0426. The first-order chi connectivity index (χ1) is 27.0. The van der Waals surface area contributed by atoms with Crippen LogP contribution in [0.3, 0.4) is 0 Å². The van der Waals surface area contributed by atoms with Crippen LogP contribution in [0.4, 0.5) is 19.4 Å². The van der Waals surface area contributed by atoms with Gasteiger partial charge in [-0.15, -0.1) is 0 Å². The zero-order valence-electron chi connectivity index (χ0n) is 32.2. The molecular formula is C44H48F2N6O4. The summed E-state index contributed by atoms with van der Waals surface area (Å²) in [6, 6.07) is 21.3. The van der Waals surface area contributed by atoms with Gasteiger partial charge in [0.15, 0.2) is 5.82 Å². The Labute approximate surface area is 325 Å². The van der Waals surface area contributed by atoms with Crippen molar-refractivity contribution in [2.24, 2.45) is 0 Å². The van der Waals surface area contributed by atoms with Crippen molar-refractivity contribution in [2.75, 3.05) is 37.7 Å². The van der Waals surface area contributed by atoms with Gasteiger partial charge in [-0.2, -0.15) is 9.97 Å². The van der Waals surface area contributed by atoms with Crippen LogP contribution in [0.5, 0.6) is 11.8 Å². The summed E-state index contributed by atoms with van der Waals surface area (Å²) in [7, 11) is 0. The minimum atomic E-state index is -0.916. The van der Waals surface area contributed by atoms with Gasteiger partial charge in [0.25, 0.3) is 0 Å². The molecular weight excluding hydrogens is 715 g/mol. The molecule has 0 spiro atoms. The van der Waals surface area contributed by atoms with E-state index in [1.54, 1.807) is 6.20 Å². The molecule has 2 aromatic heterocycles. The number of carbonyl (C=O) groups is 1. The maximum Gasteiger partial charge on any atom is 0.410 e. The Morgan fingerprint density at radius 3 is 2.57 bits per heavy atom. The number of ether oxygens (including phenoxy) is 3. The number of fused-ring (bicyclic) bond motifs is 7. The van der Waals surface area contributed by atoms with Crippen LogP contribution < -0.4 is 14.4 Å². The maximum absolute atomic E-state index is 17.4. The number of amides is 1. The number of alkyl halides is 1. The first-order valence-electron chi connectivity index (χ1n) is 19.9. The molecule has 0 aliphatic carbocycles. The lowest BCUT2D eigenvalue weighted by molar-refractivity contribution is 0.0123. The van der Waals surface area contributed by atoms with Gasteiger partial charge in [-0.25, -0.2) is 13.6 Å². The molecule has 0 N–H and O–H groups in total. The highest BCUT2D eigenvalue weighted by Gasteiger charge is 2.49. The van der Waals surface area contributed by atoms with Crippen LogP contribution in [-0.2, 0) is 11.3 Å². The third-order valence-corrected chi connectivity index (χ3v) is 11.9. The van der Waals surface area contributed by atoms with Crippen molar-refractivity contribution >= 4 is 33.6 Å². The van der Waals surface area contributed by atoms with E-state index in [9.17, 15) is 9.18 Å². The lowest BCUT2D eigenvalue weighted by Gasteiger charge is -2.44. The van der Waals surface area contributed by atoms with Crippen LogP contribution in [0.1, 0.15) is 64.9 Å². The third kappa shape index (κ3) is 6.97. The lowest BCUT2D eigenvalue weighted by atomic mass is 9.95. The zero-order valence-corrected chi connectivity index (χ0v) is 32.2. The quantitative estimate of drug-likeness (QED) is 0.154. The van der Waals surface area contributed by atoms with Crippen molar-refractivity contribution in [1.82, 2.24) is 24.8 Å². The SMILES string of the molecule is CC(C)(C)OC(=O)N1CC2CCCC1CN2c1nc(OC[C@]23CCCN2C[C@@H](F)C3)nc2c(F)c(-c3cc(OCc4ccccc4)cc4ccccc34)ncc12. The van der Waals surface area contributed by atoms with Crippen molar-refractivity contribution in [2.45, 2.75) is 95.3 Å². The fraction of sp³-hybridized carbons (Fsp3) is 0.455. The normalized spacial score (nSPS) is 23.8. The van der Waals surface area contributed by atoms with Gasteiger partial charge in [-0.05, 0) is 87.9 Å². The van der Waals surface area contributed by atoms with E-state index in [2.05, 4.69) is 9.80 Å². The Balaban J connectivity index is 1.12. The van der Waals surface area contributed by atoms with Gasteiger partial charge in [0, 0.05) is 43.9 Å². The smallest absolute Gasteiger partial charge is 0.410 e. The molecule has 5 aliphatic rings. The van der Waals surface area contributed by atoms with E-state index in [0.29, 0.717) is 55.2 Å². The van der Waals surface area contributed by atoms with Crippen molar-refractivity contribution in [3.05, 3.63) is 84.3 Å². The van der Waals surface area contributed by atoms with E-state index in [0.717, 1.165) is 55.0 Å². The Kier molecular flexibility index (Phi) is 9.42. The summed E-state index contributed by atoms with van der Waals surface area (Å²) < 4.78 is 50.6. The minimum Gasteiger partial charge on any atom is -0.489 e. The van der Waals surface area contributed by atoms with Crippen molar-refractivity contribution in [1.29, 1.82) is 0 Å². The van der Waals surface area contributed by atoms with E-state index in [1.165, 1.54) is 0 Å². The number of nitrogens with zero attached hydrogens (tertiary/aromatic N) is 6. The number of benzene rings is 3. The van der Waals surface area contributed by atoms with Gasteiger partial charge in [0.1, 0.15) is 47.8 Å². The lowest BCUT2D eigenvalue weighted by Crippen LogP contribution is -2.59. The number of anilines is 1. The molecule has 56 heavy (non-hydrogen) atoms. The molecule has 5 saturated heterocycles. The predicted molar refractivity (Wildman–Crippen MR) is 211 cm³/mol. The molecule has 7 heterocycles. The average molecular weight is 763 g/mol. The second kappa shape index (κ2) is 14.4. The number of rotatable bonds is 8. The van der Waals surface area contributed by atoms with E-state index in [1.807, 2.05) is 92.4 Å². The topological polar surface area (TPSA) is 93.2 Å².